The highest BCUT2D eigenvalue weighted by Gasteiger charge is 2.44. The highest BCUT2D eigenvalue weighted by atomic mass is 16.1. The molecule has 1 saturated carbocycles. The maximum absolute atomic E-state index is 12.0. The molecule has 3 rings (SSSR count). The molecule has 2 aromatic rings. The summed E-state index contributed by atoms with van der Waals surface area (Å²) >= 11 is 0. The molecule has 0 spiro atoms. The standard InChI is InChI=1S/C13H12N6O/c1-9-16-17-18-19(9)11-4-2-10(3-5-11)12(20)15-13(8-14)6-7-13/h2-5H,6-7H2,1H3,(H,15,20). The molecule has 100 valence electrons. The first-order valence-corrected chi connectivity index (χ1v) is 6.23. The highest BCUT2D eigenvalue weighted by Crippen LogP contribution is 2.34. The minimum Gasteiger partial charge on any atom is -0.334 e. The molecular weight excluding hydrogens is 256 g/mol. The summed E-state index contributed by atoms with van der Waals surface area (Å²) in [4.78, 5) is 12.0. The fraction of sp³-hybridized carbons (Fsp3) is 0.308. The Morgan fingerprint density at radius 1 is 1.40 bits per heavy atom. The van der Waals surface area contributed by atoms with Crippen molar-refractivity contribution in [3.8, 4) is 11.8 Å². The molecule has 0 unspecified atom stereocenters. The van der Waals surface area contributed by atoms with Gasteiger partial charge in [0.15, 0.2) is 5.82 Å². The zero-order valence-electron chi connectivity index (χ0n) is 10.9. The largest absolute Gasteiger partial charge is 0.334 e. The van der Waals surface area contributed by atoms with E-state index in [-0.39, 0.29) is 5.91 Å². The molecule has 1 N–H and O–H groups in total. The molecule has 1 amide bonds. The maximum Gasteiger partial charge on any atom is 0.252 e. The summed E-state index contributed by atoms with van der Waals surface area (Å²) in [5.74, 6) is 0.438. The predicted molar refractivity (Wildman–Crippen MR) is 68.9 cm³/mol. The molecule has 1 heterocycles. The van der Waals surface area contributed by atoms with E-state index in [4.69, 9.17) is 5.26 Å². The Hall–Kier alpha value is -2.75. The summed E-state index contributed by atoms with van der Waals surface area (Å²) in [5.41, 5.74) is 0.647. The van der Waals surface area contributed by atoms with Gasteiger partial charge in [-0.25, -0.2) is 0 Å². The smallest absolute Gasteiger partial charge is 0.252 e. The molecule has 1 aliphatic carbocycles. The van der Waals surface area contributed by atoms with Crippen LogP contribution < -0.4 is 5.32 Å². The van der Waals surface area contributed by atoms with Gasteiger partial charge in [0.2, 0.25) is 0 Å². The van der Waals surface area contributed by atoms with Crippen LogP contribution >= 0.6 is 0 Å². The van der Waals surface area contributed by atoms with E-state index in [1.54, 1.807) is 35.9 Å². The van der Waals surface area contributed by atoms with Gasteiger partial charge in [-0.1, -0.05) is 0 Å². The van der Waals surface area contributed by atoms with Crippen molar-refractivity contribution in [3.05, 3.63) is 35.7 Å². The van der Waals surface area contributed by atoms with E-state index in [1.807, 2.05) is 0 Å². The van der Waals surface area contributed by atoms with Gasteiger partial charge in [0.05, 0.1) is 11.8 Å². The SMILES string of the molecule is Cc1nnnn1-c1ccc(C(=O)NC2(C#N)CC2)cc1. The molecule has 20 heavy (non-hydrogen) atoms. The number of nitrogens with one attached hydrogen (secondary N) is 1. The number of benzene rings is 1. The lowest BCUT2D eigenvalue weighted by Crippen LogP contribution is -2.35. The summed E-state index contributed by atoms with van der Waals surface area (Å²) in [6, 6.07) is 9.06. The Labute approximate surface area is 115 Å². The molecule has 7 nitrogen and oxygen atoms in total. The summed E-state index contributed by atoms with van der Waals surface area (Å²) < 4.78 is 1.58. The Bertz CT molecular complexity index is 692. The Kier molecular flexibility index (Phi) is 2.71. The zero-order valence-corrected chi connectivity index (χ0v) is 10.9. The third-order valence-electron chi connectivity index (χ3n) is 3.32. The van der Waals surface area contributed by atoms with Crippen LogP contribution in [0, 0.1) is 18.3 Å². The first-order chi connectivity index (χ1) is 9.63. The summed E-state index contributed by atoms with van der Waals surface area (Å²) in [6.45, 7) is 1.80. The average molecular weight is 268 g/mol. The van der Waals surface area contributed by atoms with Crippen molar-refractivity contribution in [2.75, 3.05) is 0 Å². The summed E-state index contributed by atoms with van der Waals surface area (Å²) in [5, 5.41) is 22.9. The topological polar surface area (TPSA) is 96.5 Å². The van der Waals surface area contributed by atoms with Crippen molar-refractivity contribution in [2.24, 2.45) is 0 Å². The Morgan fingerprint density at radius 3 is 2.60 bits per heavy atom. The molecule has 7 heteroatoms. The quantitative estimate of drug-likeness (QED) is 0.886. The van der Waals surface area contributed by atoms with Gasteiger partial charge in [0.25, 0.3) is 5.91 Å². The second-order valence-corrected chi connectivity index (χ2v) is 4.83. The Balaban J connectivity index is 1.78. The molecule has 1 aliphatic rings. The molecule has 0 radical (unpaired) electrons. The molecule has 0 aliphatic heterocycles. The second-order valence-electron chi connectivity index (χ2n) is 4.83. The summed E-state index contributed by atoms with van der Waals surface area (Å²) in [7, 11) is 0. The zero-order chi connectivity index (χ0) is 14.2. The van der Waals surface area contributed by atoms with Gasteiger partial charge >= 0.3 is 0 Å². The number of nitriles is 1. The third kappa shape index (κ3) is 2.12. The molecule has 1 fully saturated rings. The number of rotatable bonds is 3. The number of amides is 1. The van der Waals surface area contributed by atoms with Crippen molar-refractivity contribution in [3.63, 3.8) is 0 Å². The van der Waals surface area contributed by atoms with Gasteiger partial charge in [0.1, 0.15) is 5.54 Å². The summed E-state index contributed by atoms with van der Waals surface area (Å²) in [6.07, 6.45) is 1.44. The number of tetrazole rings is 1. The van der Waals surface area contributed by atoms with Crippen LogP contribution in [0.3, 0.4) is 0 Å². The fourth-order valence-electron chi connectivity index (χ4n) is 1.90. The molecule has 1 aromatic carbocycles. The van der Waals surface area contributed by atoms with Crippen molar-refractivity contribution in [1.82, 2.24) is 25.5 Å². The first kappa shape index (κ1) is 12.3. The van der Waals surface area contributed by atoms with Crippen molar-refractivity contribution in [2.45, 2.75) is 25.3 Å². The van der Waals surface area contributed by atoms with Crippen molar-refractivity contribution in [1.29, 1.82) is 5.26 Å². The van der Waals surface area contributed by atoms with Gasteiger partial charge in [-0.2, -0.15) is 9.94 Å². The van der Waals surface area contributed by atoms with E-state index in [0.29, 0.717) is 11.4 Å². The number of aromatic nitrogens is 4. The van der Waals surface area contributed by atoms with Gasteiger partial charge in [-0.05, 0) is 54.5 Å². The third-order valence-corrected chi connectivity index (χ3v) is 3.32. The molecule has 1 aromatic heterocycles. The van der Waals surface area contributed by atoms with Crippen LogP contribution in [0.4, 0.5) is 0 Å². The van der Waals surface area contributed by atoms with E-state index in [0.717, 1.165) is 18.5 Å². The van der Waals surface area contributed by atoms with Gasteiger partial charge in [-0.15, -0.1) is 5.10 Å². The van der Waals surface area contributed by atoms with Gasteiger partial charge in [0, 0.05) is 5.56 Å². The van der Waals surface area contributed by atoms with E-state index in [2.05, 4.69) is 26.9 Å². The van der Waals surface area contributed by atoms with E-state index >= 15 is 0 Å². The van der Waals surface area contributed by atoms with Gasteiger partial charge in [-0.3, -0.25) is 4.79 Å². The molecule has 0 atom stereocenters. The number of nitrogens with zero attached hydrogens (tertiary/aromatic N) is 5. The van der Waals surface area contributed by atoms with Gasteiger partial charge < -0.3 is 5.32 Å². The Morgan fingerprint density at radius 2 is 2.10 bits per heavy atom. The van der Waals surface area contributed by atoms with E-state index in [1.165, 1.54) is 0 Å². The number of carbonyl (C=O) groups excluding carboxylic acids is 1. The average Bonchev–Trinajstić information content (AvgIpc) is 3.11. The van der Waals surface area contributed by atoms with E-state index in [9.17, 15) is 4.79 Å². The number of aryl methyl sites for hydroxylation is 1. The maximum atomic E-state index is 12.0. The number of hydrogen-bond acceptors (Lipinski definition) is 5. The second kappa shape index (κ2) is 4.42. The minimum absolute atomic E-state index is 0.232. The van der Waals surface area contributed by atoms with Crippen LogP contribution in [0.2, 0.25) is 0 Å². The van der Waals surface area contributed by atoms with Crippen LogP contribution in [0.5, 0.6) is 0 Å². The normalized spacial score (nSPS) is 15.4. The lowest BCUT2D eigenvalue weighted by atomic mass is 10.1. The van der Waals surface area contributed by atoms with Crippen LogP contribution in [-0.4, -0.2) is 31.7 Å². The van der Waals surface area contributed by atoms with Crippen LogP contribution in [0.1, 0.15) is 29.0 Å². The van der Waals surface area contributed by atoms with Crippen molar-refractivity contribution < 1.29 is 4.79 Å². The first-order valence-electron chi connectivity index (χ1n) is 6.23. The minimum atomic E-state index is -0.651. The van der Waals surface area contributed by atoms with E-state index < -0.39 is 5.54 Å². The number of hydrogen-bond donors (Lipinski definition) is 1. The van der Waals surface area contributed by atoms with Crippen LogP contribution in [0.15, 0.2) is 24.3 Å². The number of carbonyl (C=O) groups is 1. The molecular formula is C13H12N6O. The van der Waals surface area contributed by atoms with Crippen molar-refractivity contribution >= 4 is 5.91 Å². The fourth-order valence-corrected chi connectivity index (χ4v) is 1.90. The van der Waals surface area contributed by atoms with Crippen LogP contribution in [-0.2, 0) is 0 Å². The highest BCUT2D eigenvalue weighted by molar-refractivity contribution is 5.95. The van der Waals surface area contributed by atoms with Crippen LogP contribution in [0.25, 0.3) is 5.69 Å². The lowest BCUT2D eigenvalue weighted by molar-refractivity contribution is 0.0941. The molecule has 0 saturated heterocycles. The lowest BCUT2D eigenvalue weighted by Gasteiger charge is -2.09. The molecule has 0 bridgehead atoms. The predicted octanol–water partition coefficient (Wildman–Crippen LogP) is 0.757. The monoisotopic (exact) mass is 268 g/mol.